The molecule has 0 heterocycles. The van der Waals surface area contributed by atoms with Crippen molar-refractivity contribution in [2.24, 2.45) is 4.99 Å². The third-order valence-corrected chi connectivity index (χ3v) is 3.59. The van der Waals surface area contributed by atoms with Gasteiger partial charge in [-0.15, -0.1) is 6.58 Å². The van der Waals surface area contributed by atoms with Crippen molar-refractivity contribution in [3.63, 3.8) is 0 Å². The van der Waals surface area contributed by atoms with Crippen molar-refractivity contribution in [2.45, 2.75) is 19.3 Å². The Morgan fingerprint density at radius 3 is 2.67 bits per heavy atom. The largest absolute Gasteiger partial charge is 0.356 e. The predicted octanol–water partition coefficient (Wildman–Crippen LogP) is 1.91. The van der Waals surface area contributed by atoms with Crippen LogP contribution in [0.5, 0.6) is 0 Å². The van der Waals surface area contributed by atoms with Gasteiger partial charge in [-0.25, -0.2) is 9.38 Å². The molecule has 0 aliphatic heterocycles. The Kier molecular flexibility index (Phi) is 7.42. The van der Waals surface area contributed by atoms with E-state index in [0.717, 1.165) is 5.56 Å². The summed E-state index contributed by atoms with van der Waals surface area (Å²) < 4.78 is 13.4. The number of rotatable bonds is 7. The summed E-state index contributed by atoms with van der Waals surface area (Å²) in [5.41, 5.74) is 0.590. The van der Waals surface area contributed by atoms with Crippen LogP contribution >= 0.6 is 0 Å². The van der Waals surface area contributed by atoms with Crippen LogP contribution in [0.4, 0.5) is 4.39 Å². The summed E-state index contributed by atoms with van der Waals surface area (Å²) >= 11 is 0. The van der Waals surface area contributed by atoms with E-state index in [2.05, 4.69) is 22.2 Å². The van der Waals surface area contributed by atoms with Gasteiger partial charge in [-0.2, -0.15) is 0 Å². The number of hydrogen-bond acceptors (Lipinski definition) is 2. The van der Waals surface area contributed by atoms with Crippen molar-refractivity contribution in [1.82, 2.24) is 15.5 Å². The number of hydrogen-bond donors (Lipinski definition) is 2. The number of carbonyl (C=O) groups is 1. The van der Waals surface area contributed by atoms with Crippen LogP contribution in [0.1, 0.15) is 19.4 Å². The van der Waals surface area contributed by atoms with Crippen LogP contribution in [0.15, 0.2) is 41.9 Å². The summed E-state index contributed by atoms with van der Waals surface area (Å²) in [5, 5.41) is 6.28. The van der Waals surface area contributed by atoms with E-state index < -0.39 is 0 Å². The average molecular weight is 334 g/mol. The molecule has 0 fully saturated rings. The zero-order valence-corrected chi connectivity index (χ0v) is 14.9. The lowest BCUT2D eigenvalue weighted by atomic mass is 9.84. The van der Waals surface area contributed by atoms with E-state index >= 15 is 0 Å². The number of halogens is 1. The zero-order valence-electron chi connectivity index (χ0n) is 14.9. The normalized spacial score (nSPS) is 11.8. The molecule has 1 aromatic rings. The molecule has 1 rings (SSSR count). The van der Waals surface area contributed by atoms with E-state index in [1.54, 1.807) is 26.2 Å². The highest BCUT2D eigenvalue weighted by atomic mass is 19.1. The lowest BCUT2D eigenvalue weighted by molar-refractivity contribution is -0.127. The minimum Gasteiger partial charge on any atom is -0.356 e. The molecule has 0 bridgehead atoms. The molecule has 0 unspecified atom stereocenters. The van der Waals surface area contributed by atoms with Crippen molar-refractivity contribution in [1.29, 1.82) is 0 Å². The number of amides is 1. The number of guanidine groups is 1. The molecule has 0 aliphatic rings. The van der Waals surface area contributed by atoms with Crippen LogP contribution in [0.25, 0.3) is 0 Å². The van der Waals surface area contributed by atoms with Crippen LogP contribution in [0.2, 0.25) is 0 Å². The molecule has 0 radical (unpaired) electrons. The second-order valence-electron chi connectivity index (χ2n) is 6.37. The maximum Gasteiger partial charge on any atom is 0.243 e. The van der Waals surface area contributed by atoms with Gasteiger partial charge in [-0.05, 0) is 17.7 Å². The van der Waals surface area contributed by atoms with E-state index in [0.29, 0.717) is 19.0 Å². The molecule has 0 saturated carbocycles. The molecule has 0 aliphatic carbocycles. The number of nitrogens with one attached hydrogen (secondary N) is 2. The fraction of sp³-hybridized carbons (Fsp3) is 0.444. The monoisotopic (exact) mass is 334 g/mol. The van der Waals surface area contributed by atoms with Gasteiger partial charge in [0.2, 0.25) is 5.91 Å². The van der Waals surface area contributed by atoms with Gasteiger partial charge in [0.25, 0.3) is 0 Å². The number of carbonyl (C=O) groups excluding carboxylic acids is 1. The maximum absolute atomic E-state index is 13.4. The Hall–Kier alpha value is -2.37. The topological polar surface area (TPSA) is 56.7 Å². The predicted molar refractivity (Wildman–Crippen MR) is 96.6 cm³/mol. The highest BCUT2D eigenvalue weighted by Crippen LogP contribution is 2.22. The van der Waals surface area contributed by atoms with E-state index in [1.165, 1.54) is 17.0 Å². The molecule has 5 nitrogen and oxygen atoms in total. The van der Waals surface area contributed by atoms with Crippen molar-refractivity contribution in [3.8, 4) is 0 Å². The average Bonchev–Trinajstić information content (AvgIpc) is 2.53. The number of nitrogens with zero attached hydrogens (tertiary/aromatic N) is 2. The minimum absolute atomic E-state index is 0.0554. The summed E-state index contributed by atoms with van der Waals surface area (Å²) in [6, 6.07) is 6.56. The summed E-state index contributed by atoms with van der Waals surface area (Å²) in [6.45, 7) is 8.82. The van der Waals surface area contributed by atoms with Gasteiger partial charge in [-0.1, -0.05) is 32.1 Å². The fourth-order valence-corrected chi connectivity index (χ4v) is 1.95. The smallest absolute Gasteiger partial charge is 0.243 e. The summed E-state index contributed by atoms with van der Waals surface area (Å²) in [6.07, 6.45) is 1.71. The second kappa shape index (κ2) is 9.05. The van der Waals surface area contributed by atoms with Crippen LogP contribution in [0.3, 0.4) is 0 Å². The first-order valence-electron chi connectivity index (χ1n) is 7.85. The maximum atomic E-state index is 13.4. The van der Waals surface area contributed by atoms with Gasteiger partial charge in [0.15, 0.2) is 5.96 Å². The van der Waals surface area contributed by atoms with Gasteiger partial charge in [0.05, 0.1) is 0 Å². The van der Waals surface area contributed by atoms with Crippen LogP contribution in [0, 0.1) is 5.82 Å². The molecule has 6 heteroatoms. The number of aliphatic imine (C=N–C) groups is 1. The summed E-state index contributed by atoms with van der Waals surface area (Å²) in [5.74, 6) is 0.185. The fourth-order valence-electron chi connectivity index (χ4n) is 1.95. The van der Waals surface area contributed by atoms with E-state index in [9.17, 15) is 9.18 Å². The molecule has 132 valence electrons. The quantitative estimate of drug-likeness (QED) is 0.455. The van der Waals surface area contributed by atoms with Gasteiger partial charge in [0.1, 0.15) is 12.4 Å². The van der Waals surface area contributed by atoms with Gasteiger partial charge in [0, 0.05) is 32.6 Å². The van der Waals surface area contributed by atoms with Crippen LogP contribution in [-0.2, 0) is 10.2 Å². The summed E-state index contributed by atoms with van der Waals surface area (Å²) in [4.78, 5) is 17.5. The van der Waals surface area contributed by atoms with Crippen molar-refractivity contribution < 1.29 is 9.18 Å². The molecule has 1 aromatic carbocycles. The summed E-state index contributed by atoms with van der Waals surface area (Å²) in [7, 11) is 3.38. The molecule has 0 aromatic heterocycles. The highest BCUT2D eigenvalue weighted by Gasteiger charge is 2.21. The minimum atomic E-state index is -0.301. The van der Waals surface area contributed by atoms with Crippen LogP contribution < -0.4 is 10.6 Å². The molecule has 2 N–H and O–H groups in total. The SMILES string of the molecule is C=CCNC(=NCC(=O)N(C)C)NCC(C)(C)c1cccc(F)c1. The van der Waals surface area contributed by atoms with Crippen LogP contribution in [-0.4, -0.2) is 50.5 Å². The van der Waals surface area contributed by atoms with E-state index in [-0.39, 0.29) is 23.7 Å². The Morgan fingerprint density at radius 1 is 1.38 bits per heavy atom. The standard InChI is InChI=1S/C18H27FN4O/c1-6-10-20-17(21-12-16(24)23(4)5)22-13-18(2,3)14-8-7-9-15(19)11-14/h6-9,11H,1,10,12-13H2,2-5H3,(H2,20,21,22). The van der Waals surface area contributed by atoms with E-state index in [4.69, 9.17) is 0 Å². The highest BCUT2D eigenvalue weighted by molar-refractivity contribution is 5.84. The van der Waals surface area contributed by atoms with Crippen molar-refractivity contribution >= 4 is 11.9 Å². The number of benzene rings is 1. The van der Waals surface area contributed by atoms with Crippen molar-refractivity contribution in [3.05, 3.63) is 48.3 Å². The Labute approximate surface area is 143 Å². The second-order valence-corrected chi connectivity index (χ2v) is 6.37. The Balaban J connectivity index is 2.77. The first-order chi connectivity index (χ1) is 11.3. The lowest BCUT2D eigenvalue weighted by Gasteiger charge is -2.27. The third-order valence-electron chi connectivity index (χ3n) is 3.59. The first-order valence-corrected chi connectivity index (χ1v) is 7.85. The first kappa shape index (κ1) is 19.7. The number of likely N-dealkylation sites (N-methyl/N-ethyl adjacent to an activating group) is 1. The third kappa shape index (κ3) is 6.40. The molecule has 0 atom stereocenters. The zero-order chi connectivity index (χ0) is 18.2. The van der Waals surface area contributed by atoms with Gasteiger partial charge >= 0.3 is 0 Å². The Bertz CT molecular complexity index is 596. The van der Waals surface area contributed by atoms with Gasteiger partial charge < -0.3 is 15.5 Å². The Morgan fingerprint density at radius 2 is 2.08 bits per heavy atom. The van der Waals surface area contributed by atoms with E-state index in [1.807, 2.05) is 19.9 Å². The molecular formula is C18H27FN4O. The molecule has 1 amide bonds. The van der Waals surface area contributed by atoms with Crippen molar-refractivity contribution in [2.75, 3.05) is 33.7 Å². The lowest BCUT2D eigenvalue weighted by Crippen LogP contribution is -2.44. The molecule has 0 saturated heterocycles. The van der Waals surface area contributed by atoms with Gasteiger partial charge in [-0.3, -0.25) is 4.79 Å². The molecule has 0 spiro atoms. The molecule has 24 heavy (non-hydrogen) atoms. The molecular weight excluding hydrogens is 307 g/mol.